The van der Waals surface area contributed by atoms with E-state index < -0.39 is 0 Å². The fourth-order valence-electron chi connectivity index (χ4n) is 5.27. The van der Waals surface area contributed by atoms with Crippen molar-refractivity contribution in [2.75, 3.05) is 26.2 Å². The summed E-state index contributed by atoms with van der Waals surface area (Å²) in [7, 11) is 0. The summed E-state index contributed by atoms with van der Waals surface area (Å²) >= 11 is 0. The summed E-state index contributed by atoms with van der Waals surface area (Å²) in [5.74, 6) is 2.34. The summed E-state index contributed by atoms with van der Waals surface area (Å²) < 4.78 is 11.4. The molecule has 1 aromatic carbocycles. The van der Waals surface area contributed by atoms with Crippen LogP contribution in [0.1, 0.15) is 90.5 Å². The molecule has 1 saturated carbocycles. The highest BCUT2D eigenvalue weighted by Crippen LogP contribution is 2.39. The summed E-state index contributed by atoms with van der Waals surface area (Å²) in [5, 5.41) is 0. The van der Waals surface area contributed by atoms with Gasteiger partial charge in [-0.2, -0.15) is 0 Å². The molecule has 1 aromatic rings. The zero-order chi connectivity index (χ0) is 22.3. The van der Waals surface area contributed by atoms with Crippen molar-refractivity contribution in [1.82, 2.24) is 4.90 Å². The molecule has 0 N–H and O–H groups in total. The van der Waals surface area contributed by atoms with E-state index in [4.69, 9.17) is 9.47 Å². The normalized spacial score (nSPS) is 25.2. The zero-order valence-corrected chi connectivity index (χ0v) is 20.2. The lowest BCUT2D eigenvalue weighted by atomic mass is 9.72. The number of hydrogen-bond acceptors (Lipinski definition) is 4. The third kappa shape index (κ3) is 7.52. The monoisotopic (exact) mass is 429 g/mol. The van der Waals surface area contributed by atoms with Gasteiger partial charge in [0.15, 0.2) is 0 Å². The van der Waals surface area contributed by atoms with Crippen molar-refractivity contribution in [2.45, 2.75) is 91.1 Å². The molecule has 1 aliphatic carbocycles. The van der Waals surface area contributed by atoms with E-state index in [2.05, 4.69) is 49.9 Å². The maximum absolute atomic E-state index is 11.6. The van der Waals surface area contributed by atoms with Crippen LogP contribution >= 0.6 is 0 Å². The van der Waals surface area contributed by atoms with Crippen LogP contribution in [0.2, 0.25) is 0 Å². The van der Waals surface area contributed by atoms with Crippen molar-refractivity contribution < 1.29 is 14.3 Å². The second-order valence-corrected chi connectivity index (χ2v) is 10.6. The molecule has 0 aromatic heterocycles. The number of nitrogens with zero attached hydrogens (tertiary/aromatic N) is 1. The van der Waals surface area contributed by atoms with Gasteiger partial charge in [-0.15, -0.1) is 0 Å². The fraction of sp³-hybridized carbons (Fsp3) is 0.741. The highest BCUT2D eigenvalue weighted by atomic mass is 16.5. The van der Waals surface area contributed by atoms with Gasteiger partial charge in [-0.1, -0.05) is 32.9 Å². The van der Waals surface area contributed by atoms with Gasteiger partial charge in [0.25, 0.3) is 0 Å². The number of likely N-dealkylation sites (tertiary alicyclic amines) is 1. The molecule has 0 bridgehead atoms. The number of rotatable bonds is 8. The maximum atomic E-state index is 11.6. The van der Waals surface area contributed by atoms with E-state index >= 15 is 0 Å². The first-order valence-electron chi connectivity index (χ1n) is 12.5. The molecule has 1 heterocycles. The lowest BCUT2D eigenvalue weighted by molar-refractivity contribution is -0.143. The Morgan fingerprint density at radius 3 is 2.42 bits per heavy atom. The predicted octanol–water partition coefficient (Wildman–Crippen LogP) is 6.19. The van der Waals surface area contributed by atoms with Gasteiger partial charge in [-0.3, -0.25) is 4.79 Å². The average Bonchev–Trinajstić information content (AvgIpc) is 2.74. The standard InChI is InChI=1S/C27H43NO3/c1-5-30-26(29)9-7-19-28-18-6-8-22(20-28)21-10-14-24(15-11-21)31-25-16-12-23(13-17-25)27(2,3)4/h10-11,14-15,22-23,25H,5-9,12-13,16-20H2,1-4H3/t22?,23-,25-. The lowest BCUT2D eigenvalue weighted by Gasteiger charge is -2.37. The van der Waals surface area contributed by atoms with Crippen molar-refractivity contribution in [3.63, 3.8) is 0 Å². The molecule has 2 fully saturated rings. The molecule has 174 valence electrons. The van der Waals surface area contributed by atoms with Crippen molar-refractivity contribution in [2.24, 2.45) is 11.3 Å². The zero-order valence-electron chi connectivity index (χ0n) is 20.2. The Bertz CT molecular complexity index is 671. The molecule has 0 spiro atoms. The van der Waals surface area contributed by atoms with E-state index in [1.807, 2.05) is 6.92 Å². The first-order valence-corrected chi connectivity index (χ1v) is 12.5. The van der Waals surface area contributed by atoms with Crippen LogP contribution in [0.4, 0.5) is 0 Å². The first kappa shape index (κ1) is 24.1. The predicted molar refractivity (Wildman–Crippen MR) is 127 cm³/mol. The number of benzene rings is 1. The van der Waals surface area contributed by atoms with Crippen LogP contribution in [0.3, 0.4) is 0 Å². The third-order valence-electron chi connectivity index (χ3n) is 7.22. The minimum Gasteiger partial charge on any atom is -0.490 e. The lowest BCUT2D eigenvalue weighted by Crippen LogP contribution is -2.35. The highest BCUT2D eigenvalue weighted by Gasteiger charge is 2.30. The molecule has 1 unspecified atom stereocenters. The quantitative estimate of drug-likeness (QED) is 0.462. The summed E-state index contributed by atoms with van der Waals surface area (Å²) in [4.78, 5) is 14.1. The van der Waals surface area contributed by atoms with Crippen molar-refractivity contribution in [3.8, 4) is 5.75 Å². The van der Waals surface area contributed by atoms with Gasteiger partial charge < -0.3 is 14.4 Å². The van der Waals surface area contributed by atoms with E-state index in [1.54, 1.807) is 0 Å². The molecule has 1 aliphatic heterocycles. The molecule has 31 heavy (non-hydrogen) atoms. The van der Waals surface area contributed by atoms with Crippen molar-refractivity contribution >= 4 is 5.97 Å². The molecular formula is C27H43NO3. The number of carbonyl (C=O) groups is 1. The van der Waals surface area contributed by atoms with E-state index in [1.165, 1.54) is 44.1 Å². The summed E-state index contributed by atoms with van der Waals surface area (Å²) in [5.41, 5.74) is 1.83. The Labute approximate surface area is 189 Å². The summed E-state index contributed by atoms with van der Waals surface area (Å²) in [6.45, 7) is 12.6. The molecule has 0 amide bonds. The fourth-order valence-corrected chi connectivity index (χ4v) is 5.27. The average molecular weight is 430 g/mol. The Hall–Kier alpha value is -1.55. The van der Waals surface area contributed by atoms with Crippen molar-refractivity contribution in [1.29, 1.82) is 0 Å². The Kier molecular flexibility index (Phi) is 8.83. The van der Waals surface area contributed by atoms with Gasteiger partial charge in [0.1, 0.15) is 5.75 Å². The molecule has 1 saturated heterocycles. The van der Waals surface area contributed by atoms with E-state index in [0.29, 0.717) is 30.5 Å². The Morgan fingerprint density at radius 2 is 1.77 bits per heavy atom. The van der Waals surface area contributed by atoms with Crippen LogP contribution < -0.4 is 4.74 Å². The number of hydrogen-bond donors (Lipinski definition) is 0. The number of ether oxygens (including phenoxy) is 2. The minimum atomic E-state index is -0.0708. The molecule has 2 aliphatic rings. The number of piperidine rings is 1. The van der Waals surface area contributed by atoms with E-state index in [9.17, 15) is 4.79 Å². The second-order valence-electron chi connectivity index (χ2n) is 10.6. The van der Waals surface area contributed by atoms with Gasteiger partial charge in [-0.25, -0.2) is 0 Å². The van der Waals surface area contributed by atoms with Crippen LogP contribution in [0, 0.1) is 11.3 Å². The Morgan fingerprint density at radius 1 is 1.06 bits per heavy atom. The van der Waals surface area contributed by atoms with Gasteiger partial charge in [0, 0.05) is 13.0 Å². The van der Waals surface area contributed by atoms with E-state index in [-0.39, 0.29) is 5.97 Å². The van der Waals surface area contributed by atoms with Crippen LogP contribution in [-0.4, -0.2) is 43.2 Å². The van der Waals surface area contributed by atoms with Crippen LogP contribution in [0.5, 0.6) is 5.75 Å². The maximum Gasteiger partial charge on any atom is 0.305 e. The van der Waals surface area contributed by atoms with Crippen molar-refractivity contribution in [3.05, 3.63) is 29.8 Å². The topological polar surface area (TPSA) is 38.8 Å². The van der Waals surface area contributed by atoms with Gasteiger partial charge in [0.05, 0.1) is 12.7 Å². The number of esters is 1. The van der Waals surface area contributed by atoms with E-state index in [0.717, 1.165) is 37.7 Å². The molecule has 4 heteroatoms. The second kappa shape index (κ2) is 11.4. The Balaban J connectivity index is 1.43. The van der Waals surface area contributed by atoms with Crippen LogP contribution in [0.25, 0.3) is 0 Å². The van der Waals surface area contributed by atoms with Gasteiger partial charge in [0.2, 0.25) is 0 Å². The minimum absolute atomic E-state index is 0.0708. The van der Waals surface area contributed by atoms with Gasteiger partial charge >= 0.3 is 5.97 Å². The summed E-state index contributed by atoms with van der Waals surface area (Å²) in [6.07, 6.45) is 9.15. The SMILES string of the molecule is CCOC(=O)CCCN1CCCC(c2ccc(O[C@H]3CC[C@H](C(C)(C)C)CC3)cc2)C1. The molecule has 0 radical (unpaired) electrons. The summed E-state index contributed by atoms with van der Waals surface area (Å²) in [6, 6.07) is 8.88. The molecule has 4 nitrogen and oxygen atoms in total. The van der Waals surface area contributed by atoms with Crippen LogP contribution in [0.15, 0.2) is 24.3 Å². The molecule has 3 rings (SSSR count). The van der Waals surface area contributed by atoms with Crippen LogP contribution in [-0.2, 0) is 9.53 Å². The number of carbonyl (C=O) groups excluding carboxylic acids is 1. The van der Waals surface area contributed by atoms with Gasteiger partial charge in [-0.05, 0) is 99.9 Å². The third-order valence-corrected chi connectivity index (χ3v) is 7.22. The first-order chi connectivity index (χ1) is 14.8. The molecule has 1 atom stereocenters. The molecular weight excluding hydrogens is 386 g/mol. The highest BCUT2D eigenvalue weighted by molar-refractivity contribution is 5.69. The largest absolute Gasteiger partial charge is 0.490 e. The smallest absolute Gasteiger partial charge is 0.305 e.